The van der Waals surface area contributed by atoms with E-state index in [1.54, 1.807) is 5.57 Å². The van der Waals surface area contributed by atoms with Crippen molar-refractivity contribution in [3.63, 3.8) is 0 Å². The largest absolute Gasteiger partial charge is 0.354 e. The molecule has 1 spiro atoms. The molecule has 5 aliphatic rings. The molecule has 0 saturated carbocycles. The number of hydrogen-bond donors (Lipinski definition) is 1. The van der Waals surface area contributed by atoms with Gasteiger partial charge in [0.05, 0.1) is 22.0 Å². The van der Waals surface area contributed by atoms with E-state index < -0.39 is 0 Å². The molecule has 0 unspecified atom stereocenters. The minimum absolute atomic E-state index is 0.0283. The number of nitrogens with zero attached hydrogens (tertiary/aromatic N) is 1. The summed E-state index contributed by atoms with van der Waals surface area (Å²) < 4.78 is 2.57. The molecule has 0 aliphatic heterocycles. The van der Waals surface area contributed by atoms with Gasteiger partial charge in [-0.3, -0.25) is 0 Å². The van der Waals surface area contributed by atoms with Gasteiger partial charge in [-0.2, -0.15) is 0 Å². The van der Waals surface area contributed by atoms with Gasteiger partial charge in [-0.05, 0) is 135 Å². The average Bonchev–Trinajstić information content (AvgIpc) is 4.06. The van der Waals surface area contributed by atoms with Crippen molar-refractivity contribution in [2.24, 2.45) is 0 Å². The molecule has 284 valence electrons. The molecule has 1 N–H and O–H groups in total. The molecule has 0 radical (unpaired) electrons. The highest BCUT2D eigenvalue weighted by Gasteiger charge is 2.52. The van der Waals surface area contributed by atoms with Gasteiger partial charge in [0.2, 0.25) is 0 Å². The van der Waals surface area contributed by atoms with Gasteiger partial charge in [-0.1, -0.05) is 141 Å². The Bertz CT molecular complexity index is 3520. The maximum atomic E-state index is 3.97. The van der Waals surface area contributed by atoms with Gasteiger partial charge < -0.3 is 9.55 Å². The summed E-state index contributed by atoms with van der Waals surface area (Å²) in [7, 11) is 0. The first-order chi connectivity index (χ1) is 29.5. The number of aromatic nitrogens is 2. The first-order valence-corrected chi connectivity index (χ1v) is 21.8. The molecule has 9 aromatic rings. The van der Waals surface area contributed by atoms with Crippen LogP contribution in [0, 0.1) is 0 Å². The van der Waals surface area contributed by atoms with Crippen LogP contribution in [0.15, 0.2) is 169 Å². The molecule has 2 heteroatoms. The summed E-state index contributed by atoms with van der Waals surface area (Å²) in [5, 5.41) is 5.20. The second kappa shape index (κ2) is 11.4. The Balaban J connectivity index is 0.974. The quantitative estimate of drug-likeness (QED) is 0.181. The first-order valence-electron chi connectivity index (χ1n) is 21.8. The van der Waals surface area contributed by atoms with Crippen LogP contribution in [0.2, 0.25) is 0 Å². The van der Waals surface area contributed by atoms with Crippen LogP contribution < -0.4 is 0 Å². The van der Waals surface area contributed by atoms with Crippen LogP contribution in [-0.4, -0.2) is 9.55 Å². The van der Waals surface area contributed by atoms with E-state index in [-0.39, 0.29) is 10.8 Å². The minimum atomic E-state index is -0.352. The first kappa shape index (κ1) is 33.0. The molecule has 2 aromatic heterocycles. The third-order valence-electron chi connectivity index (χ3n) is 15.1. The highest BCUT2D eigenvalue weighted by atomic mass is 15.0. The zero-order valence-electron chi connectivity index (χ0n) is 33.9. The Morgan fingerprint density at radius 3 is 1.98 bits per heavy atom. The molecule has 0 amide bonds. The molecule has 0 atom stereocenters. The standard InChI is InChI=1S/C58H42N2/c1-57(2)46-20-10-6-18-39(46)42-32-45-44-31-35(25-29-53(44)60(54(45)33-51(42)57)36-14-4-3-5-15-36)34-24-28-52-43(30-34)40-26-27-50-55(56(40)59-52)41-19-9-13-23-49(41)58(50)47-21-11-7-16-37(47)38-17-8-12-22-48(38)58/h3-4,6-9,11-14,16-19,21-33,59H,5,10,15,20H2,1-2H3. The number of hydrogen-bond acceptors (Lipinski definition) is 0. The van der Waals surface area contributed by atoms with Gasteiger partial charge in [0.1, 0.15) is 0 Å². The SMILES string of the molecule is CC1(C)C2=C(C=CCC2)c2cc3c4cc(-c5ccc6[nH]c7c8c(ccc7c6c5)C5(c6ccccc6-c6ccccc65)c5ccccc5-8)ccc4n(C4=CC=CCC4)c3cc21. The predicted octanol–water partition coefficient (Wildman–Crippen LogP) is 15.0. The van der Waals surface area contributed by atoms with Crippen LogP contribution in [0.1, 0.15) is 72.9 Å². The van der Waals surface area contributed by atoms with Gasteiger partial charge in [-0.25, -0.2) is 0 Å². The Morgan fingerprint density at radius 1 is 0.533 bits per heavy atom. The van der Waals surface area contributed by atoms with E-state index in [4.69, 9.17) is 0 Å². The van der Waals surface area contributed by atoms with Gasteiger partial charge in [0.25, 0.3) is 0 Å². The fourth-order valence-corrected chi connectivity index (χ4v) is 12.5. The molecule has 14 rings (SSSR count). The lowest BCUT2D eigenvalue weighted by atomic mass is 9.70. The number of fused-ring (bicyclic) bond motifs is 19. The van der Waals surface area contributed by atoms with Crippen LogP contribution in [0.25, 0.3) is 88.3 Å². The molecule has 60 heavy (non-hydrogen) atoms. The van der Waals surface area contributed by atoms with Crippen LogP contribution in [-0.2, 0) is 10.8 Å². The van der Waals surface area contributed by atoms with Crippen molar-refractivity contribution < 1.29 is 0 Å². The fourth-order valence-electron chi connectivity index (χ4n) is 12.5. The Labute approximate surface area is 349 Å². The summed E-state index contributed by atoms with van der Waals surface area (Å²) in [6.07, 6.45) is 16.0. The van der Waals surface area contributed by atoms with Gasteiger partial charge in [0.15, 0.2) is 0 Å². The highest BCUT2D eigenvalue weighted by molar-refractivity contribution is 6.17. The van der Waals surface area contributed by atoms with Crippen molar-refractivity contribution in [2.45, 2.75) is 50.4 Å². The summed E-state index contributed by atoms with van der Waals surface area (Å²) in [5.74, 6) is 0. The lowest BCUT2D eigenvalue weighted by Gasteiger charge is -2.30. The number of rotatable bonds is 2. The van der Waals surface area contributed by atoms with Gasteiger partial charge in [-0.15, -0.1) is 0 Å². The van der Waals surface area contributed by atoms with E-state index >= 15 is 0 Å². The van der Waals surface area contributed by atoms with Gasteiger partial charge >= 0.3 is 0 Å². The normalized spacial score (nSPS) is 17.4. The number of nitrogens with one attached hydrogen (secondary N) is 1. The highest BCUT2D eigenvalue weighted by Crippen LogP contribution is 2.64. The smallest absolute Gasteiger partial charge is 0.0726 e. The van der Waals surface area contributed by atoms with Crippen LogP contribution >= 0.6 is 0 Å². The number of benzene rings is 7. The third kappa shape index (κ3) is 3.95. The third-order valence-corrected chi connectivity index (χ3v) is 15.1. The van der Waals surface area contributed by atoms with Crippen molar-refractivity contribution in [3.05, 3.63) is 203 Å². The van der Waals surface area contributed by atoms with E-state index in [0.717, 1.165) is 25.7 Å². The number of H-pyrrole nitrogens is 1. The zero-order valence-corrected chi connectivity index (χ0v) is 33.9. The lowest BCUT2D eigenvalue weighted by molar-refractivity contribution is 0.608. The Hall–Kier alpha value is -6.90. The summed E-state index contributed by atoms with van der Waals surface area (Å²) in [5.41, 5.74) is 25.3. The van der Waals surface area contributed by atoms with Gasteiger partial charge in [0, 0.05) is 43.7 Å². The monoisotopic (exact) mass is 766 g/mol. The number of allylic oxidation sites excluding steroid dienone is 8. The maximum Gasteiger partial charge on any atom is 0.0726 e. The van der Waals surface area contributed by atoms with E-state index in [9.17, 15) is 0 Å². The zero-order chi connectivity index (χ0) is 39.5. The maximum absolute atomic E-state index is 3.97. The molecule has 7 aromatic carbocycles. The average molecular weight is 767 g/mol. The Kier molecular flexibility index (Phi) is 6.28. The van der Waals surface area contributed by atoms with Crippen molar-refractivity contribution in [3.8, 4) is 33.4 Å². The predicted molar refractivity (Wildman–Crippen MR) is 252 cm³/mol. The molecule has 0 bridgehead atoms. The summed E-state index contributed by atoms with van der Waals surface area (Å²) in [6, 6.07) is 51.4. The molecule has 5 aliphatic carbocycles. The Morgan fingerprint density at radius 2 is 1.22 bits per heavy atom. The molecule has 2 heterocycles. The second-order valence-electron chi connectivity index (χ2n) is 18.2. The van der Waals surface area contributed by atoms with Crippen molar-refractivity contribution >= 4 is 54.9 Å². The van der Waals surface area contributed by atoms with E-state index in [2.05, 4.69) is 187 Å². The lowest BCUT2D eigenvalue weighted by Crippen LogP contribution is -2.25. The molecule has 2 nitrogen and oxygen atoms in total. The van der Waals surface area contributed by atoms with Crippen LogP contribution in [0.5, 0.6) is 0 Å². The topological polar surface area (TPSA) is 20.7 Å². The van der Waals surface area contributed by atoms with Crippen molar-refractivity contribution in [1.82, 2.24) is 9.55 Å². The van der Waals surface area contributed by atoms with E-state index in [0.29, 0.717) is 0 Å². The molecular weight excluding hydrogens is 725 g/mol. The van der Waals surface area contributed by atoms with E-state index in [1.807, 2.05) is 0 Å². The summed E-state index contributed by atoms with van der Waals surface area (Å²) >= 11 is 0. The second-order valence-corrected chi connectivity index (χ2v) is 18.2. The van der Waals surface area contributed by atoms with E-state index in [1.165, 1.54) is 122 Å². The summed E-state index contributed by atoms with van der Waals surface area (Å²) in [4.78, 5) is 3.97. The molecular formula is C58H42N2. The molecule has 0 saturated heterocycles. The molecule has 0 fully saturated rings. The fraction of sp³-hybridized carbons (Fsp3) is 0.138. The van der Waals surface area contributed by atoms with Crippen LogP contribution in [0.3, 0.4) is 0 Å². The van der Waals surface area contributed by atoms with Crippen molar-refractivity contribution in [2.75, 3.05) is 0 Å². The van der Waals surface area contributed by atoms with Crippen molar-refractivity contribution in [1.29, 1.82) is 0 Å². The van der Waals surface area contributed by atoms with Crippen LogP contribution in [0.4, 0.5) is 0 Å². The minimum Gasteiger partial charge on any atom is -0.354 e. The number of aromatic amines is 1. The summed E-state index contributed by atoms with van der Waals surface area (Å²) in [6.45, 7) is 4.87.